The number of nitrogens with zero attached hydrogens (tertiary/aromatic N) is 2. The molecule has 2 amide bonds. The number of halogens is 2. The van der Waals surface area contributed by atoms with E-state index in [1.165, 1.54) is 0 Å². The first-order valence-corrected chi connectivity index (χ1v) is 12.0. The Morgan fingerprint density at radius 1 is 0.906 bits per heavy atom. The van der Waals surface area contributed by atoms with E-state index in [1.54, 1.807) is 39.3 Å². The van der Waals surface area contributed by atoms with E-state index in [9.17, 15) is 9.59 Å². The van der Waals surface area contributed by atoms with E-state index < -0.39 is 0 Å². The maximum absolute atomic E-state index is 13.4. The molecule has 4 nitrogen and oxygen atoms in total. The summed E-state index contributed by atoms with van der Waals surface area (Å²) >= 11 is 13.8. The summed E-state index contributed by atoms with van der Waals surface area (Å²) in [7, 11) is 0. The van der Waals surface area contributed by atoms with Crippen molar-refractivity contribution in [1.29, 1.82) is 0 Å². The number of rotatable bonds is 9. The molecule has 0 saturated heterocycles. The van der Waals surface area contributed by atoms with E-state index in [2.05, 4.69) is 0 Å². The summed E-state index contributed by atoms with van der Waals surface area (Å²) in [6.07, 6.45) is 0. The lowest BCUT2D eigenvalue weighted by atomic mass is 10.1. The predicted molar refractivity (Wildman–Crippen MR) is 132 cm³/mol. The summed E-state index contributed by atoms with van der Waals surface area (Å²) in [5, 5.41) is 2.78. The van der Waals surface area contributed by atoms with Gasteiger partial charge in [0.1, 0.15) is 6.54 Å². The fraction of sp³-hybridized carbons (Fsp3) is 0.280. The first-order valence-electron chi connectivity index (χ1n) is 10.4. The molecule has 0 radical (unpaired) electrons. The van der Waals surface area contributed by atoms with Crippen LogP contribution in [-0.2, 0) is 17.9 Å². The molecule has 168 valence electrons. The molecule has 32 heavy (non-hydrogen) atoms. The van der Waals surface area contributed by atoms with Crippen LogP contribution in [0.25, 0.3) is 0 Å². The van der Waals surface area contributed by atoms with Crippen molar-refractivity contribution < 1.29 is 9.59 Å². The Balaban J connectivity index is 1.82. The van der Waals surface area contributed by atoms with Crippen molar-refractivity contribution in [2.24, 2.45) is 5.92 Å². The molecule has 1 aromatic heterocycles. The van der Waals surface area contributed by atoms with Crippen LogP contribution < -0.4 is 0 Å². The van der Waals surface area contributed by atoms with Gasteiger partial charge in [-0.3, -0.25) is 9.59 Å². The first kappa shape index (κ1) is 24.3. The summed E-state index contributed by atoms with van der Waals surface area (Å²) in [5.41, 5.74) is 1.42. The maximum Gasteiger partial charge on any atom is 0.254 e. The number of thiophene rings is 1. The SMILES string of the molecule is CC(C)CN(CC(=O)N(Cc1ccccc1)Cc1cccs1)C(=O)c1cc(Cl)cc(Cl)c1. The molecule has 3 rings (SSSR count). The summed E-state index contributed by atoms with van der Waals surface area (Å²) in [4.78, 5) is 31.2. The Labute approximate surface area is 203 Å². The minimum absolute atomic E-state index is 0.0145. The van der Waals surface area contributed by atoms with Gasteiger partial charge in [0.25, 0.3) is 5.91 Å². The lowest BCUT2D eigenvalue weighted by Crippen LogP contribution is -2.43. The van der Waals surface area contributed by atoms with Gasteiger partial charge in [0.05, 0.1) is 6.54 Å². The second-order valence-electron chi connectivity index (χ2n) is 8.05. The molecule has 0 fully saturated rings. The largest absolute Gasteiger partial charge is 0.332 e. The van der Waals surface area contributed by atoms with E-state index in [4.69, 9.17) is 23.2 Å². The predicted octanol–water partition coefficient (Wildman–Crippen LogP) is 6.38. The van der Waals surface area contributed by atoms with Crippen molar-refractivity contribution >= 4 is 46.4 Å². The summed E-state index contributed by atoms with van der Waals surface area (Å²) < 4.78 is 0. The van der Waals surface area contributed by atoms with Crippen molar-refractivity contribution in [2.75, 3.05) is 13.1 Å². The van der Waals surface area contributed by atoms with Gasteiger partial charge in [-0.2, -0.15) is 0 Å². The van der Waals surface area contributed by atoms with Gasteiger partial charge in [-0.15, -0.1) is 11.3 Å². The minimum Gasteiger partial charge on any atom is -0.332 e. The zero-order chi connectivity index (χ0) is 23.1. The summed E-state index contributed by atoms with van der Waals surface area (Å²) in [6.45, 7) is 5.45. The smallest absolute Gasteiger partial charge is 0.254 e. The quantitative estimate of drug-likeness (QED) is 0.350. The molecule has 0 aliphatic carbocycles. The van der Waals surface area contributed by atoms with Crippen LogP contribution in [0.5, 0.6) is 0 Å². The number of carbonyl (C=O) groups excluding carboxylic acids is 2. The van der Waals surface area contributed by atoms with Crippen LogP contribution >= 0.6 is 34.5 Å². The van der Waals surface area contributed by atoms with Gasteiger partial charge in [0.15, 0.2) is 0 Å². The van der Waals surface area contributed by atoms with E-state index in [1.807, 2.05) is 61.7 Å². The van der Waals surface area contributed by atoms with E-state index in [-0.39, 0.29) is 24.3 Å². The fourth-order valence-corrected chi connectivity index (χ4v) is 4.66. The van der Waals surface area contributed by atoms with Crippen LogP contribution in [-0.4, -0.2) is 34.7 Å². The van der Waals surface area contributed by atoms with Gasteiger partial charge < -0.3 is 9.80 Å². The summed E-state index contributed by atoms with van der Waals surface area (Å²) in [6, 6.07) is 18.6. The molecular weight excluding hydrogens is 463 g/mol. The highest BCUT2D eigenvalue weighted by Gasteiger charge is 2.24. The first-order chi connectivity index (χ1) is 15.3. The van der Waals surface area contributed by atoms with Gasteiger partial charge in [-0.25, -0.2) is 0 Å². The number of amides is 2. The Morgan fingerprint density at radius 3 is 2.19 bits per heavy atom. The van der Waals surface area contributed by atoms with Crippen molar-refractivity contribution in [3.8, 4) is 0 Å². The third-order valence-corrected chi connectivity index (χ3v) is 6.10. The molecule has 2 aromatic carbocycles. The average Bonchev–Trinajstić information content (AvgIpc) is 3.25. The van der Waals surface area contributed by atoms with Crippen molar-refractivity contribution in [3.05, 3.63) is 92.1 Å². The second-order valence-corrected chi connectivity index (χ2v) is 9.96. The van der Waals surface area contributed by atoms with Crippen LogP contribution in [0.15, 0.2) is 66.0 Å². The lowest BCUT2D eigenvalue weighted by Gasteiger charge is -2.29. The van der Waals surface area contributed by atoms with Crippen LogP contribution in [0, 0.1) is 5.92 Å². The molecule has 0 unspecified atom stereocenters. The number of hydrogen-bond donors (Lipinski definition) is 0. The number of carbonyl (C=O) groups is 2. The Kier molecular flexibility index (Phi) is 8.74. The van der Waals surface area contributed by atoms with Gasteiger partial charge in [-0.1, -0.05) is 73.4 Å². The van der Waals surface area contributed by atoms with Gasteiger partial charge in [-0.05, 0) is 41.1 Å². The minimum atomic E-state index is -0.257. The molecule has 0 saturated carbocycles. The Hall–Kier alpha value is -2.34. The molecule has 0 bridgehead atoms. The Morgan fingerprint density at radius 2 is 1.59 bits per heavy atom. The van der Waals surface area contributed by atoms with Crippen LogP contribution in [0.2, 0.25) is 10.0 Å². The number of hydrogen-bond acceptors (Lipinski definition) is 3. The van der Waals surface area contributed by atoms with Gasteiger partial charge >= 0.3 is 0 Å². The van der Waals surface area contributed by atoms with E-state index >= 15 is 0 Å². The molecule has 3 aromatic rings. The second kappa shape index (κ2) is 11.5. The Bertz CT molecular complexity index is 1020. The van der Waals surface area contributed by atoms with Crippen LogP contribution in [0.4, 0.5) is 0 Å². The monoisotopic (exact) mass is 488 g/mol. The molecule has 0 N–H and O–H groups in total. The van der Waals surface area contributed by atoms with Gasteiger partial charge in [0, 0.05) is 33.6 Å². The molecule has 0 aliphatic rings. The normalized spacial score (nSPS) is 10.9. The van der Waals surface area contributed by atoms with E-state index in [0.717, 1.165) is 10.4 Å². The molecule has 0 aliphatic heterocycles. The fourth-order valence-electron chi connectivity index (χ4n) is 3.41. The highest BCUT2D eigenvalue weighted by Crippen LogP contribution is 2.21. The number of benzene rings is 2. The standard InChI is InChI=1S/C25H26Cl2N2O2S/c1-18(2)14-29(25(31)20-11-21(26)13-22(27)12-20)17-24(30)28(16-23-9-6-10-32-23)15-19-7-4-3-5-8-19/h3-13,18H,14-17H2,1-2H3. The molecular formula is C25H26Cl2N2O2S. The zero-order valence-electron chi connectivity index (χ0n) is 18.1. The summed E-state index contributed by atoms with van der Waals surface area (Å²) in [5.74, 6) is -0.169. The van der Waals surface area contributed by atoms with Crippen LogP contribution in [0.1, 0.15) is 34.6 Å². The highest BCUT2D eigenvalue weighted by molar-refractivity contribution is 7.09. The molecule has 0 atom stereocenters. The van der Waals surface area contributed by atoms with Crippen LogP contribution in [0.3, 0.4) is 0 Å². The average molecular weight is 489 g/mol. The van der Waals surface area contributed by atoms with Crippen molar-refractivity contribution in [2.45, 2.75) is 26.9 Å². The molecule has 7 heteroatoms. The molecule has 0 spiro atoms. The van der Waals surface area contributed by atoms with Gasteiger partial charge in [0.2, 0.25) is 5.91 Å². The highest BCUT2D eigenvalue weighted by atomic mass is 35.5. The molecule has 1 heterocycles. The lowest BCUT2D eigenvalue weighted by molar-refractivity contribution is -0.133. The third-order valence-electron chi connectivity index (χ3n) is 4.80. The maximum atomic E-state index is 13.4. The topological polar surface area (TPSA) is 40.6 Å². The third kappa shape index (κ3) is 7.09. The van der Waals surface area contributed by atoms with Crippen molar-refractivity contribution in [3.63, 3.8) is 0 Å². The van der Waals surface area contributed by atoms with Crippen molar-refractivity contribution in [1.82, 2.24) is 9.80 Å². The zero-order valence-corrected chi connectivity index (χ0v) is 20.5. The van der Waals surface area contributed by atoms with E-state index in [0.29, 0.717) is 35.2 Å².